The van der Waals surface area contributed by atoms with Crippen molar-refractivity contribution < 1.29 is 85.6 Å². The van der Waals surface area contributed by atoms with Crippen LogP contribution in [0.15, 0.2) is 24.3 Å². The molecule has 24 saturated carbocycles. The van der Waals surface area contributed by atoms with Crippen LogP contribution >= 0.6 is 0 Å². The average molecular weight is 1620 g/mol. The van der Waals surface area contributed by atoms with Crippen LogP contribution in [0.2, 0.25) is 0 Å². The van der Waals surface area contributed by atoms with E-state index in [-0.39, 0.29) is 106 Å². The first-order valence-corrected chi connectivity index (χ1v) is 45.8. The van der Waals surface area contributed by atoms with Crippen molar-refractivity contribution in [2.24, 2.45) is 142 Å². The SMILES string of the molecule is CC1(OC(=O)COc2ccc([Te]c3ccc(OCC(=O)OC4(C)C5CC6CC(C5)CC4C6)c(OCC(=O)OC4(C)C5CC6CC(C5)CC4C6)c3OCC(=O)OC3(C)C4CC5CC(C4)CC3C5)c(OCC(=O)OC3(C)C4CC5CC(C4)CC3C5)c2OCC(=O)OC2(C)C3CC4CC(C3)CC2C4)C2CC3CC(C2)CC1C3. The Labute approximate surface area is 653 Å². The Morgan fingerprint density at radius 2 is 0.394 bits per heavy atom. The van der Waals surface area contributed by atoms with Gasteiger partial charge in [-0.05, 0) is 12.8 Å². The van der Waals surface area contributed by atoms with E-state index in [4.69, 9.17) is 56.8 Å². The zero-order valence-electron chi connectivity index (χ0n) is 65.4. The molecule has 26 rings (SSSR count). The van der Waals surface area contributed by atoms with Gasteiger partial charge in [0.15, 0.2) is 0 Å². The number of rotatable bonds is 26. The summed E-state index contributed by atoms with van der Waals surface area (Å²) in [5.74, 6) is 8.00. The molecule has 2 aromatic rings. The average Bonchev–Trinajstić information content (AvgIpc) is 0.758. The fraction of sp³-hybridized carbons (Fsp3) is 0.800. The van der Waals surface area contributed by atoms with Crippen molar-refractivity contribution in [3.05, 3.63) is 24.3 Å². The molecule has 0 heterocycles. The molecule has 24 fully saturated rings. The first-order chi connectivity index (χ1) is 52.3. The van der Waals surface area contributed by atoms with Crippen LogP contribution in [0.25, 0.3) is 0 Å². The Morgan fingerprint density at radius 3 is 0.569 bits per heavy atom. The Morgan fingerprint density at radius 1 is 0.239 bits per heavy atom. The predicted octanol–water partition coefficient (Wildman–Crippen LogP) is 14.2. The number of carbonyl (C=O) groups excluding carboxylic acids is 6. The summed E-state index contributed by atoms with van der Waals surface area (Å²) in [6, 6.07) is 7.10. The molecule has 0 atom stereocenters. The summed E-state index contributed by atoms with van der Waals surface area (Å²) in [5.41, 5.74) is -3.94. The van der Waals surface area contributed by atoms with Gasteiger partial charge in [-0.25, -0.2) is 0 Å². The summed E-state index contributed by atoms with van der Waals surface area (Å²) in [4.78, 5) is 88.6. The van der Waals surface area contributed by atoms with Gasteiger partial charge in [0.1, 0.15) is 0 Å². The zero-order chi connectivity index (χ0) is 74.4. The monoisotopic (exact) mass is 1620 g/mol. The van der Waals surface area contributed by atoms with Gasteiger partial charge in [-0.1, -0.05) is 0 Å². The number of hydrogen-bond donors (Lipinski definition) is 0. The Kier molecular flexibility index (Phi) is 18.2. The van der Waals surface area contributed by atoms with Gasteiger partial charge in [0.05, 0.1) is 0 Å². The van der Waals surface area contributed by atoms with Crippen LogP contribution in [-0.2, 0) is 57.2 Å². The number of esters is 6. The molecule has 0 aliphatic heterocycles. The third-order valence-electron chi connectivity index (χ3n) is 34.9. The first-order valence-electron chi connectivity index (χ1n) is 43.4. The molecule has 0 amide bonds. The topological polar surface area (TPSA) is 213 Å². The van der Waals surface area contributed by atoms with Crippen molar-refractivity contribution in [2.75, 3.05) is 39.6 Å². The van der Waals surface area contributed by atoms with Crippen LogP contribution in [-0.4, -0.2) is 130 Å². The van der Waals surface area contributed by atoms with Crippen molar-refractivity contribution in [2.45, 2.75) is 268 Å². The molecule has 0 unspecified atom stereocenters. The van der Waals surface area contributed by atoms with Crippen molar-refractivity contribution in [1.82, 2.24) is 0 Å². The van der Waals surface area contributed by atoms with Gasteiger partial charge in [-0.3, -0.25) is 0 Å². The molecule has 592 valence electrons. The Balaban J connectivity index is 0.656. The summed E-state index contributed by atoms with van der Waals surface area (Å²) in [5, 5.41) is 0. The van der Waals surface area contributed by atoms with E-state index in [1.807, 2.05) is 12.1 Å². The molecule has 18 nitrogen and oxygen atoms in total. The van der Waals surface area contributed by atoms with Gasteiger partial charge in [0.2, 0.25) is 0 Å². The number of carbonyl (C=O) groups is 6. The summed E-state index contributed by atoms with van der Waals surface area (Å²) in [7, 11) is 0. The van der Waals surface area contributed by atoms with E-state index in [1.54, 1.807) is 12.1 Å². The molecular formula is C90H118O18Te. The van der Waals surface area contributed by atoms with E-state index >= 15 is 0 Å². The van der Waals surface area contributed by atoms with Crippen LogP contribution < -0.4 is 35.6 Å². The molecule has 0 spiro atoms. The molecule has 0 aromatic heterocycles. The Bertz CT molecular complexity index is 3530. The molecule has 0 saturated heterocycles. The molecule has 0 radical (unpaired) electrons. The van der Waals surface area contributed by atoms with Crippen LogP contribution in [0, 0.1) is 142 Å². The summed E-state index contributed by atoms with van der Waals surface area (Å²) in [6.07, 6.45) is 32.3. The van der Waals surface area contributed by atoms with E-state index in [0.717, 1.165) is 154 Å². The molecule has 0 N–H and O–H groups in total. The fourth-order valence-corrected chi connectivity index (χ4v) is 33.1. The minimum atomic E-state index is -1.95. The van der Waals surface area contributed by atoms with E-state index in [0.29, 0.717) is 78.2 Å². The first kappa shape index (κ1) is 72.8. The predicted molar refractivity (Wildman–Crippen MR) is 400 cm³/mol. The quantitative estimate of drug-likeness (QED) is 0.0486. The molecule has 19 heteroatoms. The van der Waals surface area contributed by atoms with Crippen LogP contribution in [0.5, 0.6) is 34.5 Å². The van der Waals surface area contributed by atoms with Crippen molar-refractivity contribution in [3.63, 3.8) is 0 Å². The third kappa shape index (κ3) is 12.9. The van der Waals surface area contributed by atoms with Gasteiger partial charge < -0.3 is 0 Å². The molecule has 109 heavy (non-hydrogen) atoms. The molecule has 2 aromatic carbocycles. The number of ether oxygens (including phenoxy) is 12. The van der Waals surface area contributed by atoms with Gasteiger partial charge >= 0.3 is 645 Å². The van der Waals surface area contributed by atoms with Gasteiger partial charge in [-0.15, -0.1) is 0 Å². The van der Waals surface area contributed by atoms with Crippen LogP contribution in [0.3, 0.4) is 0 Å². The summed E-state index contributed by atoms with van der Waals surface area (Å²) in [6.45, 7) is 9.60. The van der Waals surface area contributed by atoms with Crippen molar-refractivity contribution in [1.29, 1.82) is 0 Å². The summed E-state index contributed by atoms with van der Waals surface area (Å²) < 4.78 is 82.1. The second kappa shape index (κ2) is 27.3. The maximum absolute atomic E-state index is 14.9. The van der Waals surface area contributed by atoms with Gasteiger partial charge in [0, 0.05) is 0 Å². The zero-order valence-corrected chi connectivity index (χ0v) is 67.7. The van der Waals surface area contributed by atoms with E-state index in [9.17, 15) is 28.8 Å². The van der Waals surface area contributed by atoms with Crippen LogP contribution in [0.4, 0.5) is 0 Å². The molecular weight excluding hydrogens is 1500 g/mol. The number of benzene rings is 2. The van der Waals surface area contributed by atoms with E-state index < -0.39 is 130 Å². The minimum absolute atomic E-state index is 0.00388. The molecule has 24 aliphatic carbocycles. The Hall–Kier alpha value is -5.15. The third-order valence-corrected chi connectivity index (χ3v) is 38.0. The second-order valence-corrected chi connectivity index (χ2v) is 44.1. The number of hydrogen-bond acceptors (Lipinski definition) is 18. The molecule has 24 bridgehead atoms. The van der Waals surface area contributed by atoms with Gasteiger partial charge in [0.25, 0.3) is 0 Å². The molecule has 24 aliphatic rings. The maximum atomic E-state index is 14.9. The van der Waals surface area contributed by atoms with Gasteiger partial charge in [-0.2, -0.15) is 0 Å². The normalized spacial score (nSPS) is 45.5. The van der Waals surface area contributed by atoms with Crippen molar-refractivity contribution in [3.8, 4) is 34.5 Å². The summed E-state index contributed by atoms with van der Waals surface area (Å²) >= 11 is -1.95. The second-order valence-electron chi connectivity index (χ2n) is 41.0. The standard InChI is InChI=1S/C90H118O18Te/c1-85(59-17-47-11-48(19-59)20-60(85)18-47)103-75(91)41-97-71-7-9-73(83(101-45-79(95)107-89(5)67-33-55-15-56(35-67)36-68(89)34-55)81(71)99-43-77(93)105-87(3)63-25-51-13-52(27-63)28-64(87)26-51)109-74-10-8-72(98-42-76(92)104-86(2)61-21-49-12-50(23-61)24-62(86)22-49)82(100-44-78(94)106-88(4)65-29-53-14-54(31-65)32-66(88)30-53)84(74)102-46-80(96)108-90(6)69-37-57-16-58(39-69)40-70(90)38-57/h7-10,47-70H,11-46H2,1-6H3. The fourth-order valence-electron chi connectivity index (χ4n) is 30.3. The van der Waals surface area contributed by atoms with E-state index in [2.05, 4.69) is 41.5 Å². The van der Waals surface area contributed by atoms with Crippen molar-refractivity contribution >= 4 is 64.0 Å². The van der Waals surface area contributed by atoms with E-state index in [1.165, 1.54) is 38.5 Å². The van der Waals surface area contributed by atoms with Crippen LogP contribution in [0.1, 0.15) is 234 Å².